The molecule has 0 fully saturated rings. The van der Waals surface area contributed by atoms with Crippen LogP contribution in [-0.4, -0.2) is 70.7 Å². The lowest BCUT2D eigenvalue weighted by Crippen LogP contribution is -2.58. The largest absolute Gasteiger partial charge is 0.480 e. The third-order valence-electron chi connectivity index (χ3n) is 5.02. The van der Waals surface area contributed by atoms with E-state index in [-0.39, 0.29) is 6.42 Å². The molecule has 0 heterocycles. The van der Waals surface area contributed by atoms with Gasteiger partial charge in [-0.1, -0.05) is 36.8 Å². The molecule has 5 atom stereocenters. The van der Waals surface area contributed by atoms with Gasteiger partial charge >= 0.3 is 5.97 Å². The summed E-state index contributed by atoms with van der Waals surface area (Å²) in [5.41, 5.74) is 12.0. The molecule has 1 rings (SSSR count). The number of nitrogens with one attached hydrogen (secondary N) is 3. The quantitative estimate of drug-likeness (QED) is 0.163. The molecule has 0 aliphatic carbocycles. The van der Waals surface area contributed by atoms with Gasteiger partial charge in [0.15, 0.2) is 6.04 Å². The average Bonchev–Trinajstić information content (AvgIpc) is 2.76. The van der Waals surface area contributed by atoms with Crippen LogP contribution in [0.5, 0.6) is 0 Å². The Labute approximate surface area is 193 Å². The Bertz CT molecular complexity index is 789. The molecule has 0 aromatic heterocycles. The van der Waals surface area contributed by atoms with E-state index in [9.17, 15) is 29.4 Å². The molecular formula is C22H35N5O6. The highest BCUT2D eigenvalue weighted by Gasteiger charge is 2.31. The van der Waals surface area contributed by atoms with Crippen LogP contribution in [0, 0.1) is 0 Å². The number of aliphatic hydroxyl groups excluding tert-OH is 1. The number of unbranched alkanes of at least 4 members (excludes halogenated alkanes) is 1. The van der Waals surface area contributed by atoms with Crippen molar-refractivity contribution in [3.05, 3.63) is 35.9 Å². The standard InChI is InChI=1S/C22H35N5O6/c1-13(25-20(30)16(24)10-6-7-11-23)19(29)26-17(12-15-8-4-3-5-9-15)21(31)27-18(14(2)28)22(32)33/h3-5,8-9,13-14,16-18,28H,6-7,10-12,23-24H2,1-2H3,(H,25,30)(H,26,29)(H,27,31)(H,32,33)/t13-,14+,16-,17-,18-/m0/s1. The van der Waals surface area contributed by atoms with Gasteiger partial charge in [0.05, 0.1) is 12.1 Å². The first-order chi connectivity index (χ1) is 15.6. The van der Waals surface area contributed by atoms with Gasteiger partial charge in [0.1, 0.15) is 12.1 Å². The number of aliphatic hydroxyl groups is 1. The molecule has 33 heavy (non-hydrogen) atoms. The van der Waals surface area contributed by atoms with E-state index in [2.05, 4.69) is 16.0 Å². The van der Waals surface area contributed by atoms with Gasteiger partial charge in [0.2, 0.25) is 17.7 Å². The number of rotatable bonds is 14. The highest BCUT2D eigenvalue weighted by atomic mass is 16.4. The van der Waals surface area contributed by atoms with Crippen molar-refractivity contribution >= 4 is 23.7 Å². The van der Waals surface area contributed by atoms with E-state index in [1.807, 2.05) is 0 Å². The van der Waals surface area contributed by atoms with E-state index in [1.165, 1.54) is 13.8 Å². The van der Waals surface area contributed by atoms with Crippen LogP contribution >= 0.6 is 0 Å². The summed E-state index contributed by atoms with van der Waals surface area (Å²) >= 11 is 0. The lowest BCUT2D eigenvalue weighted by molar-refractivity contribution is -0.145. The molecule has 0 saturated carbocycles. The zero-order valence-corrected chi connectivity index (χ0v) is 19.0. The number of amides is 3. The van der Waals surface area contributed by atoms with Gasteiger partial charge in [-0.2, -0.15) is 0 Å². The summed E-state index contributed by atoms with van der Waals surface area (Å²) < 4.78 is 0. The summed E-state index contributed by atoms with van der Waals surface area (Å²) in [7, 11) is 0. The molecule has 3 amide bonds. The normalized spacial score (nSPS) is 15.4. The van der Waals surface area contributed by atoms with Crippen molar-refractivity contribution in [2.45, 2.75) is 69.8 Å². The van der Waals surface area contributed by atoms with Crippen molar-refractivity contribution in [3.63, 3.8) is 0 Å². The lowest BCUT2D eigenvalue weighted by Gasteiger charge is -2.24. The number of carboxylic acid groups (broad SMARTS) is 1. The van der Waals surface area contributed by atoms with Gasteiger partial charge in [-0.05, 0) is 38.8 Å². The highest BCUT2D eigenvalue weighted by molar-refractivity contribution is 5.94. The van der Waals surface area contributed by atoms with Crippen molar-refractivity contribution < 1.29 is 29.4 Å². The number of carbonyl (C=O) groups is 4. The Kier molecular flexibility index (Phi) is 12.0. The summed E-state index contributed by atoms with van der Waals surface area (Å²) in [6, 6.07) is 4.35. The number of carboxylic acids is 1. The zero-order chi connectivity index (χ0) is 25.0. The van der Waals surface area contributed by atoms with Crippen LogP contribution in [0.15, 0.2) is 30.3 Å². The molecule has 11 heteroatoms. The van der Waals surface area contributed by atoms with Crippen LogP contribution in [0.1, 0.15) is 38.7 Å². The van der Waals surface area contributed by atoms with Gasteiger partial charge in [-0.25, -0.2) is 4.79 Å². The van der Waals surface area contributed by atoms with E-state index >= 15 is 0 Å². The molecule has 11 nitrogen and oxygen atoms in total. The SMILES string of the molecule is C[C@H](NC(=O)[C@@H](N)CCCCN)C(=O)N[C@@H](Cc1ccccc1)C(=O)N[C@H](C(=O)O)[C@@H](C)O. The molecule has 0 bridgehead atoms. The minimum absolute atomic E-state index is 0.0732. The summed E-state index contributed by atoms with van der Waals surface area (Å²) in [6.07, 6.45) is 0.560. The second kappa shape index (κ2) is 14.2. The van der Waals surface area contributed by atoms with E-state index in [0.29, 0.717) is 19.4 Å². The number of aliphatic carboxylic acids is 1. The number of hydrogen-bond donors (Lipinski definition) is 7. The van der Waals surface area contributed by atoms with Gasteiger partial charge in [-0.3, -0.25) is 14.4 Å². The van der Waals surface area contributed by atoms with Crippen molar-refractivity contribution in [2.75, 3.05) is 6.54 Å². The molecule has 1 aromatic rings. The third-order valence-corrected chi connectivity index (χ3v) is 5.02. The monoisotopic (exact) mass is 465 g/mol. The molecule has 0 unspecified atom stereocenters. The first kappa shape index (κ1) is 28.0. The summed E-state index contributed by atoms with van der Waals surface area (Å²) in [5.74, 6) is -3.33. The van der Waals surface area contributed by atoms with Crippen LogP contribution in [-0.2, 0) is 25.6 Å². The molecule has 1 aromatic carbocycles. The maximum atomic E-state index is 12.8. The van der Waals surface area contributed by atoms with E-state index in [0.717, 1.165) is 12.0 Å². The average molecular weight is 466 g/mol. The Hall–Kier alpha value is -3.02. The molecule has 184 valence electrons. The number of carbonyl (C=O) groups excluding carboxylic acids is 3. The fourth-order valence-corrected chi connectivity index (χ4v) is 3.02. The van der Waals surface area contributed by atoms with Crippen molar-refractivity contribution in [1.29, 1.82) is 0 Å². The summed E-state index contributed by atoms with van der Waals surface area (Å²) in [6.45, 7) is 3.18. The number of benzene rings is 1. The topological polar surface area (TPSA) is 197 Å². The minimum Gasteiger partial charge on any atom is -0.480 e. The third kappa shape index (κ3) is 9.98. The van der Waals surface area contributed by atoms with Gasteiger partial charge in [0, 0.05) is 6.42 Å². The zero-order valence-electron chi connectivity index (χ0n) is 19.0. The first-order valence-electron chi connectivity index (χ1n) is 10.9. The Morgan fingerprint density at radius 3 is 2.12 bits per heavy atom. The van der Waals surface area contributed by atoms with Gasteiger partial charge in [-0.15, -0.1) is 0 Å². The van der Waals surface area contributed by atoms with Gasteiger partial charge in [0.25, 0.3) is 0 Å². The predicted octanol–water partition coefficient (Wildman–Crippen LogP) is -1.37. The van der Waals surface area contributed by atoms with E-state index < -0.39 is 54.0 Å². The molecular weight excluding hydrogens is 430 g/mol. The Balaban J connectivity index is 2.86. The second-order valence-electron chi connectivity index (χ2n) is 7.94. The summed E-state index contributed by atoms with van der Waals surface area (Å²) in [5, 5.41) is 26.2. The molecule has 9 N–H and O–H groups in total. The maximum Gasteiger partial charge on any atom is 0.328 e. The fraction of sp³-hybridized carbons (Fsp3) is 0.545. The fourth-order valence-electron chi connectivity index (χ4n) is 3.02. The van der Waals surface area contributed by atoms with E-state index in [1.54, 1.807) is 30.3 Å². The smallest absolute Gasteiger partial charge is 0.328 e. The molecule has 0 radical (unpaired) electrons. The Morgan fingerprint density at radius 1 is 0.939 bits per heavy atom. The molecule has 0 aliphatic heterocycles. The minimum atomic E-state index is -1.55. The number of nitrogens with two attached hydrogens (primary N) is 2. The first-order valence-corrected chi connectivity index (χ1v) is 10.9. The van der Waals surface area contributed by atoms with Crippen molar-refractivity contribution in [1.82, 2.24) is 16.0 Å². The molecule has 0 aliphatic rings. The molecule has 0 saturated heterocycles. The van der Waals surface area contributed by atoms with Crippen LogP contribution in [0.4, 0.5) is 0 Å². The predicted molar refractivity (Wildman–Crippen MR) is 122 cm³/mol. The Morgan fingerprint density at radius 2 is 1.58 bits per heavy atom. The van der Waals surface area contributed by atoms with Crippen LogP contribution < -0.4 is 27.4 Å². The van der Waals surface area contributed by atoms with Crippen LogP contribution in [0.2, 0.25) is 0 Å². The lowest BCUT2D eigenvalue weighted by atomic mass is 10.0. The van der Waals surface area contributed by atoms with Crippen molar-refractivity contribution in [2.24, 2.45) is 11.5 Å². The van der Waals surface area contributed by atoms with Crippen LogP contribution in [0.25, 0.3) is 0 Å². The van der Waals surface area contributed by atoms with E-state index in [4.69, 9.17) is 11.5 Å². The summed E-state index contributed by atoms with van der Waals surface area (Å²) in [4.78, 5) is 49.1. The number of hydrogen-bond acceptors (Lipinski definition) is 7. The highest BCUT2D eigenvalue weighted by Crippen LogP contribution is 2.06. The van der Waals surface area contributed by atoms with Crippen LogP contribution in [0.3, 0.4) is 0 Å². The van der Waals surface area contributed by atoms with Crippen molar-refractivity contribution in [3.8, 4) is 0 Å². The maximum absolute atomic E-state index is 12.8. The van der Waals surface area contributed by atoms with Gasteiger partial charge < -0.3 is 37.6 Å². The second-order valence-corrected chi connectivity index (χ2v) is 7.94. The molecule has 0 spiro atoms.